The van der Waals surface area contributed by atoms with Gasteiger partial charge in [0.1, 0.15) is 5.75 Å². The van der Waals surface area contributed by atoms with Gasteiger partial charge in [0.2, 0.25) is 11.8 Å². The van der Waals surface area contributed by atoms with Crippen LogP contribution in [0.3, 0.4) is 0 Å². The second-order valence-corrected chi connectivity index (χ2v) is 8.54. The summed E-state index contributed by atoms with van der Waals surface area (Å²) in [6.07, 6.45) is 6.44. The Labute approximate surface area is 174 Å². The number of rotatable bonds is 5. The first-order valence-electron chi connectivity index (χ1n) is 11.1. The molecule has 0 radical (unpaired) electrons. The minimum Gasteiger partial charge on any atom is -0.493 e. The monoisotopic (exact) mass is 401 g/mol. The predicted octanol–water partition coefficient (Wildman–Crippen LogP) is 2.79. The van der Waals surface area contributed by atoms with E-state index < -0.39 is 0 Å². The van der Waals surface area contributed by atoms with Crippen LogP contribution in [0.2, 0.25) is 0 Å². The van der Waals surface area contributed by atoms with Crippen molar-refractivity contribution in [2.45, 2.75) is 77.4 Å². The van der Waals surface area contributed by atoms with Crippen LogP contribution in [0.5, 0.6) is 5.75 Å². The highest BCUT2D eigenvalue weighted by molar-refractivity contribution is 5.78. The molecule has 2 aliphatic rings. The molecule has 0 unspecified atom stereocenters. The summed E-state index contributed by atoms with van der Waals surface area (Å²) in [5.74, 6) is 1.10. The maximum absolute atomic E-state index is 12.3. The molecule has 160 valence electrons. The van der Waals surface area contributed by atoms with Crippen LogP contribution >= 0.6 is 0 Å². The van der Waals surface area contributed by atoms with Crippen molar-refractivity contribution in [3.63, 3.8) is 0 Å². The van der Waals surface area contributed by atoms with E-state index in [1.165, 1.54) is 0 Å². The zero-order valence-corrected chi connectivity index (χ0v) is 17.8. The molecule has 3 rings (SSSR count). The Morgan fingerprint density at radius 3 is 2.83 bits per heavy atom. The summed E-state index contributed by atoms with van der Waals surface area (Å²) in [6.45, 7) is 6.67. The number of hydrogen-bond acceptors (Lipinski definition) is 4. The molecule has 1 aliphatic heterocycles. The Kier molecular flexibility index (Phi) is 7.92. The van der Waals surface area contributed by atoms with Gasteiger partial charge in [-0.15, -0.1) is 0 Å². The number of nitrogens with one attached hydrogen (secondary N) is 2. The maximum Gasteiger partial charge on any atom is 0.234 e. The third-order valence-electron chi connectivity index (χ3n) is 5.56. The van der Waals surface area contributed by atoms with Gasteiger partial charge in [-0.05, 0) is 64.0 Å². The number of amides is 2. The standard InChI is InChI=1S/C23H35N3O3/c1-17(2)26-15-19-14-18(7-11-22(27)25-20-8-9-20)6-10-21(19)29-13-5-3-4-12-24-23(28)16-26/h6,10,14,17,20H,3-5,7-9,11-13,15-16H2,1-2H3,(H,24,28)(H,25,27). The number of aryl methyl sites for hydroxylation is 1. The van der Waals surface area contributed by atoms with Crippen LogP contribution in [0.4, 0.5) is 0 Å². The number of ether oxygens (including phenoxy) is 1. The van der Waals surface area contributed by atoms with E-state index in [2.05, 4.69) is 41.5 Å². The minimum atomic E-state index is 0.0771. The lowest BCUT2D eigenvalue weighted by molar-refractivity contribution is -0.123. The molecule has 6 heteroatoms. The second-order valence-electron chi connectivity index (χ2n) is 8.54. The Bertz CT molecular complexity index is 701. The van der Waals surface area contributed by atoms with E-state index in [1.54, 1.807) is 0 Å². The largest absolute Gasteiger partial charge is 0.493 e. The third-order valence-corrected chi connectivity index (χ3v) is 5.56. The van der Waals surface area contributed by atoms with Gasteiger partial charge in [-0.25, -0.2) is 0 Å². The van der Waals surface area contributed by atoms with Crippen molar-refractivity contribution in [1.82, 2.24) is 15.5 Å². The molecule has 0 spiro atoms. The van der Waals surface area contributed by atoms with Crippen LogP contribution in [-0.4, -0.2) is 48.5 Å². The fourth-order valence-electron chi connectivity index (χ4n) is 3.53. The molecule has 1 fully saturated rings. The fraction of sp³-hybridized carbons (Fsp3) is 0.652. The summed E-state index contributed by atoms with van der Waals surface area (Å²) in [5.41, 5.74) is 2.22. The van der Waals surface area contributed by atoms with E-state index >= 15 is 0 Å². The van der Waals surface area contributed by atoms with Crippen LogP contribution in [-0.2, 0) is 22.6 Å². The molecule has 1 heterocycles. The molecule has 1 aromatic rings. The average Bonchev–Trinajstić information content (AvgIpc) is 3.49. The van der Waals surface area contributed by atoms with Gasteiger partial charge in [0.05, 0.1) is 13.2 Å². The number of carbonyl (C=O) groups excluding carboxylic acids is 2. The average molecular weight is 402 g/mol. The molecule has 6 nitrogen and oxygen atoms in total. The van der Waals surface area contributed by atoms with Crippen molar-refractivity contribution in [2.24, 2.45) is 0 Å². The Hall–Kier alpha value is -2.08. The van der Waals surface area contributed by atoms with Gasteiger partial charge >= 0.3 is 0 Å². The molecular weight excluding hydrogens is 366 g/mol. The van der Waals surface area contributed by atoms with Gasteiger partial charge in [0, 0.05) is 37.2 Å². The van der Waals surface area contributed by atoms with E-state index in [-0.39, 0.29) is 17.9 Å². The van der Waals surface area contributed by atoms with E-state index in [1.807, 2.05) is 6.07 Å². The lowest BCUT2D eigenvalue weighted by atomic mass is 10.0. The summed E-state index contributed by atoms with van der Waals surface area (Å²) >= 11 is 0. The lowest BCUT2D eigenvalue weighted by Crippen LogP contribution is -2.40. The highest BCUT2D eigenvalue weighted by Gasteiger charge is 2.23. The van der Waals surface area contributed by atoms with Gasteiger partial charge < -0.3 is 15.4 Å². The quantitative estimate of drug-likeness (QED) is 0.796. The minimum absolute atomic E-state index is 0.0771. The van der Waals surface area contributed by atoms with Crippen molar-refractivity contribution in [3.8, 4) is 5.75 Å². The Balaban J connectivity index is 1.72. The first-order chi connectivity index (χ1) is 14.0. The van der Waals surface area contributed by atoms with E-state index in [9.17, 15) is 9.59 Å². The smallest absolute Gasteiger partial charge is 0.234 e. The lowest BCUT2D eigenvalue weighted by Gasteiger charge is -2.27. The molecule has 2 amide bonds. The SMILES string of the molecule is CC(C)N1CC(=O)NCCCCCOc2ccc(CCC(=O)NC3CC3)cc2C1. The van der Waals surface area contributed by atoms with Crippen LogP contribution < -0.4 is 15.4 Å². The van der Waals surface area contributed by atoms with Crippen molar-refractivity contribution in [1.29, 1.82) is 0 Å². The van der Waals surface area contributed by atoms with E-state index in [4.69, 9.17) is 4.74 Å². The third kappa shape index (κ3) is 7.35. The van der Waals surface area contributed by atoms with Crippen LogP contribution in [0, 0.1) is 0 Å². The van der Waals surface area contributed by atoms with Gasteiger partial charge in [-0.3, -0.25) is 14.5 Å². The zero-order valence-electron chi connectivity index (χ0n) is 17.8. The topological polar surface area (TPSA) is 70.7 Å². The van der Waals surface area contributed by atoms with Crippen LogP contribution in [0.1, 0.15) is 63.5 Å². The van der Waals surface area contributed by atoms with E-state index in [0.29, 0.717) is 38.6 Å². The number of fused-ring (bicyclic) bond motifs is 1. The molecule has 1 aromatic carbocycles. The predicted molar refractivity (Wildman–Crippen MR) is 114 cm³/mol. The maximum atomic E-state index is 12.3. The van der Waals surface area contributed by atoms with Crippen molar-refractivity contribution >= 4 is 11.8 Å². The van der Waals surface area contributed by atoms with Gasteiger partial charge in [0.25, 0.3) is 0 Å². The highest BCUT2D eigenvalue weighted by atomic mass is 16.5. The first kappa shape index (κ1) is 21.6. The normalized spacial score (nSPS) is 19.2. The molecule has 0 bridgehead atoms. The second kappa shape index (κ2) is 10.6. The molecule has 0 saturated heterocycles. The zero-order chi connectivity index (χ0) is 20.6. The summed E-state index contributed by atoms with van der Waals surface area (Å²) in [4.78, 5) is 26.5. The van der Waals surface area contributed by atoms with E-state index in [0.717, 1.165) is 55.5 Å². The molecule has 0 atom stereocenters. The molecule has 2 N–H and O–H groups in total. The Morgan fingerprint density at radius 1 is 1.24 bits per heavy atom. The number of carbonyl (C=O) groups is 2. The van der Waals surface area contributed by atoms with Gasteiger partial charge in [0.15, 0.2) is 0 Å². The number of nitrogens with zero attached hydrogens (tertiary/aromatic N) is 1. The van der Waals surface area contributed by atoms with Gasteiger partial charge in [-0.1, -0.05) is 12.1 Å². The number of hydrogen-bond donors (Lipinski definition) is 2. The molecule has 29 heavy (non-hydrogen) atoms. The summed E-state index contributed by atoms with van der Waals surface area (Å²) in [6, 6.07) is 6.89. The summed E-state index contributed by atoms with van der Waals surface area (Å²) < 4.78 is 6.09. The van der Waals surface area contributed by atoms with Crippen molar-refractivity contribution in [2.75, 3.05) is 19.7 Å². The highest BCUT2D eigenvalue weighted by Crippen LogP contribution is 2.25. The summed E-state index contributed by atoms with van der Waals surface area (Å²) in [5, 5.41) is 6.08. The summed E-state index contributed by atoms with van der Waals surface area (Å²) in [7, 11) is 0. The molecule has 1 aliphatic carbocycles. The van der Waals surface area contributed by atoms with Crippen LogP contribution in [0.15, 0.2) is 18.2 Å². The molecule has 0 aromatic heterocycles. The Morgan fingerprint density at radius 2 is 2.07 bits per heavy atom. The molecular formula is C23H35N3O3. The fourth-order valence-corrected chi connectivity index (χ4v) is 3.53. The van der Waals surface area contributed by atoms with Crippen molar-refractivity contribution < 1.29 is 14.3 Å². The van der Waals surface area contributed by atoms with Crippen molar-refractivity contribution in [3.05, 3.63) is 29.3 Å². The first-order valence-corrected chi connectivity index (χ1v) is 11.1. The van der Waals surface area contributed by atoms with Crippen LogP contribution in [0.25, 0.3) is 0 Å². The van der Waals surface area contributed by atoms with Gasteiger partial charge in [-0.2, -0.15) is 0 Å². The molecule has 1 saturated carbocycles. The number of benzene rings is 1.